The van der Waals surface area contributed by atoms with Gasteiger partial charge in [-0.1, -0.05) is 0 Å². The van der Waals surface area contributed by atoms with Crippen LogP contribution in [0.4, 0.5) is 0 Å². The molecule has 0 aromatic heterocycles. The molecule has 1 saturated carbocycles. The molecule has 0 N–H and O–H groups in total. The third-order valence-corrected chi connectivity index (χ3v) is 3.00. The predicted molar refractivity (Wildman–Crippen MR) is 42.4 cm³/mol. The summed E-state index contributed by atoms with van der Waals surface area (Å²) in [5.74, 6) is 1.97. The van der Waals surface area contributed by atoms with Crippen molar-refractivity contribution in [2.24, 2.45) is 11.8 Å². The van der Waals surface area contributed by atoms with Crippen molar-refractivity contribution in [2.45, 2.75) is 25.7 Å². The second-order valence-corrected chi connectivity index (χ2v) is 3.92. The summed E-state index contributed by atoms with van der Waals surface area (Å²) in [6.07, 6.45) is 5.88. The van der Waals surface area contributed by atoms with E-state index < -0.39 is 0 Å². The summed E-state index contributed by atoms with van der Waals surface area (Å²) in [5, 5.41) is 0. The highest BCUT2D eigenvalue weighted by atomic mass is 15.1. The summed E-state index contributed by atoms with van der Waals surface area (Å²) in [4.78, 5) is 2.27. The third kappa shape index (κ3) is 1.20. The van der Waals surface area contributed by atoms with E-state index in [1.165, 1.54) is 38.8 Å². The molecule has 3 aliphatic rings. The van der Waals surface area contributed by atoms with Crippen molar-refractivity contribution in [1.29, 1.82) is 0 Å². The highest BCUT2D eigenvalue weighted by Crippen LogP contribution is 2.33. The zero-order chi connectivity index (χ0) is 6.97. The molecule has 3 fully saturated rings. The zero-order valence-electron chi connectivity index (χ0n) is 6.55. The largest absolute Gasteiger partial charge is 0.459 e. The first kappa shape index (κ1) is 6.66. The lowest BCUT2D eigenvalue weighted by Crippen LogP contribution is -2.20. The summed E-state index contributed by atoms with van der Waals surface area (Å²) in [6, 6.07) is 0. The molecule has 2 bridgehead atoms. The molecule has 2 saturated heterocycles. The average Bonchev–Trinajstić information content (AvgIpc) is 2.17. The van der Waals surface area contributed by atoms with E-state index in [1.54, 1.807) is 0 Å². The lowest BCUT2D eigenvalue weighted by Gasteiger charge is -2.24. The molecule has 10 heavy (non-hydrogen) atoms. The Kier molecular flexibility index (Phi) is 1.69. The van der Waals surface area contributed by atoms with Crippen LogP contribution in [0.1, 0.15) is 25.7 Å². The molecule has 0 unspecified atom stereocenters. The van der Waals surface area contributed by atoms with Gasteiger partial charge in [0.05, 0.1) is 0 Å². The van der Waals surface area contributed by atoms with Crippen molar-refractivity contribution in [3.8, 4) is 0 Å². The quantitative estimate of drug-likeness (QED) is 0.462. The van der Waals surface area contributed by atoms with Crippen LogP contribution in [0.3, 0.4) is 0 Å². The molecule has 0 amide bonds. The minimum atomic E-state index is 0.983. The minimum absolute atomic E-state index is 0.983. The molecule has 0 aromatic rings. The van der Waals surface area contributed by atoms with Gasteiger partial charge in [-0.25, -0.2) is 0 Å². The lowest BCUT2D eigenvalue weighted by atomic mass is 9.84. The van der Waals surface area contributed by atoms with Crippen molar-refractivity contribution in [3.63, 3.8) is 0 Å². The fraction of sp³-hybridized carbons (Fsp3) is 0.889. The van der Waals surface area contributed by atoms with Gasteiger partial charge in [-0.3, -0.25) is 7.05 Å². The maximum absolute atomic E-state index is 4.03. The molecule has 0 spiro atoms. The first-order valence-corrected chi connectivity index (χ1v) is 4.40. The monoisotopic (exact) mass is 138 g/mol. The fourth-order valence-corrected chi connectivity index (χ4v) is 2.40. The Morgan fingerprint density at radius 2 is 1.30 bits per heavy atom. The van der Waals surface area contributed by atoms with Crippen molar-refractivity contribution in [1.82, 2.24) is 4.90 Å². The number of hydrogen-bond donors (Lipinski definition) is 0. The Morgan fingerprint density at radius 1 is 0.900 bits per heavy atom. The van der Waals surface area contributed by atoms with Crippen LogP contribution in [0, 0.1) is 18.9 Å². The van der Waals surface area contributed by atoms with Crippen molar-refractivity contribution in [3.05, 3.63) is 7.05 Å². The van der Waals surface area contributed by atoms with E-state index in [0.29, 0.717) is 0 Å². The molecular weight excluding hydrogens is 122 g/mol. The molecule has 1 heteroatoms. The molecule has 0 radical (unpaired) electrons. The molecule has 2 heterocycles. The van der Waals surface area contributed by atoms with Gasteiger partial charge in [0.1, 0.15) is 0 Å². The second-order valence-electron chi connectivity index (χ2n) is 3.92. The summed E-state index contributed by atoms with van der Waals surface area (Å²) < 4.78 is 0. The fourth-order valence-electron chi connectivity index (χ4n) is 2.40. The van der Waals surface area contributed by atoms with Crippen LogP contribution in [-0.2, 0) is 0 Å². The molecule has 0 aromatic carbocycles. The molecule has 2 aliphatic heterocycles. The van der Waals surface area contributed by atoms with Gasteiger partial charge in [0.25, 0.3) is 0 Å². The normalized spacial score (nSPS) is 41.7. The van der Waals surface area contributed by atoms with Crippen LogP contribution >= 0.6 is 0 Å². The molecule has 3 rings (SSSR count). The Morgan fingerprint density at radius 3 is 1.70 bits per heavy atom. The smallest absolute Gasteiger partial charge is 0.0275 e. The van der Waals surface area contributed by atoms with Crippen molar-refractivity contribution < 1.29 is 0 Å². The number of rotatable bonds is 0. The van der Waals surface area contributed by atoms with E-state index in [9.17, 15) is 0 Å². The molecular formula is C9H16N-. The Hall–Kier alpha value is -0.0400. The standard InChI is InChI=1S/C9H16N/c1-10-6-8-2-3-9(7-10)5-4-8/h8-9H,1-7H2/q-1. The van der Waals surface area contributed by atoms with Crippen molar-refractivity contribution in [2.75, 3.05) is 13.1 Å². The first-order valence-electron chi connectivity index (χ1n) is 4.40. The van der Waals surface area contributed by atoms with Gasteiger partial charge in [-0.2, -0.15) is 0 Å². The lowest BCUT2D eigenvalue weighted by molar-refractivity contribution is 0.326. The summed E-state index contributed by atoms with van der Waals surface area (Å²) in [6.45, 7) is 2.52. The van der Waals surface area contributed by atoms with Crippen LogP contribution < -0.4 is 0 Å². The maximum atomic E-state index is 4.03. The van der Waals surface area contributed by atoms with Gasteiger partial charge >= 0.3 is 0 Å². The predicted octanol–water partition coefficient (Wildman–Crippen LogP) is 1.90. The minimum Gasteiger partial charge on any atom is -0.459 e. The van der Waals surface area contributed by atoms with E-state index in [2.05, 4.69) is 11.9 Å². The van der Waals surface area contributed by atoms with Gasteiger partial charge in [-0.05, 0) is 50.6 Å². The van der Waals surface area contributed by atoms with E-state index in [4.69, 9.17) is 0 Å². The molecule has 1 nitrogen and oxygen atoms in total. The zero-order valence-corrected chi connectivity index (χ0v) is 6.55. The van der Waals surface area contributed by atoms with E-state index in [-0.39, 0.29) is 0 Å². The third-order valence-electron chi connectivity index (χ3n) is 3.00. The van der Waals surface area contributed by atoms with Gasteiger partial charge in [-0.15, -0.1) is 0 Å². The van der Waals surface area contributed by atoms with Gasteiger partial charge in [0.15, 0.2) is 0 Å². The second kappa shape index (κ2) is 2.54. The van der Waals surface area contributed by atoms with Crippen LogP contribution in [0.2, 0.25) is 0 Å². The van der Waals surface area contributed by atoms with E-state index in [1.807, 2.05) is 0 Å². The van der Waals surface area contributed by atoms with E-state index in [0.717, 1.165) is 11.8 Å². The van der Waals surface area contributed by atoms with Gasteiger partial charge < -0.3 is 4.90 Å². The van der Waals surface area contributed by atoms with Gasteiger partial charge in [0, 0.05) is 0 Å². The number of hydrogen-bond acceptors (Lipinski definition) is 1. The highest BCUT2D eigenvalue weighted by molar-refractivity contribution is 4.81. The summed E-state index contributed by atoms with van der Waals surface area (Å²) in [7, 11) is 4.03. The maximum Gasteiger partial charge on any atom is -0.0275 e. The Labute approximate surface area is 63.4 Å². The van der Waals surface area contributed by atoms with Crippen LogP contribution in [-0.4, -0.2) is 18.0 Å². The van der Waals surface area contributed by atoms with E-state index >= 15 is 0 Å². The van der Waals surface area contributed by atoms with Gasteiger partial charge in [0.2, 0.25) is 0 Å². The summed E-state index contributed by atoms with van der Waals surface area (Å²) in [5.41, 5.74) is 0. The molecule has 58 valence electrons. The number of nitrogens with zero attached hydrogens (tertiary/aromatic N) is 1. The molecule has 1 aliphatic carbocycles. The Bertz CT molecular complexity index is 99.9. The molecule has 0 atom stereocenters. The van der Waals surface area contributed by atoms with Crippen LogP contribution in [0.25, 0.3) is 0 Å². The van der Waals surface area contributed by atoms with Crippen molar-refractivity contribution >= 4 is 0 Å². The summed E-state index contributed by atoms with van der Waals surface area (Å²) >= 11 is 0. The average molecular weight is 138 g/mol. The topological polar surface area (TPSA) is 3.24 Å². The van der Waals surface area contributed by atoms with Crippen LogP contribution in [0.5, 0.6) is 0 Å². The first-order chi connectivity index (χ1) is 4.84. The highest BCUT2D eigenvalue weighted by Gasteiger charge is 2.24. The number of fused-ring (bicyclic) bond motifs is 4. The van der Waals surface area contributed by atoms with Crippen LogP contribution in [0.15, 0.2) is 0 Å². The Balaban J connectivity index is 2.05. The SMILES string of the molecule is [CH2-]N1CC2CCC(CC2)C1.